The SMILES string of the molecule is CSCC[C@@H](N)c1nc(C2(c3ccccc3)CCC2)no1. The second kappa shape index (κ2) is 6.20. The van der Waals surface area contributed by atoms with Crippen molar-refractivity contribution in [3.63, 3.8) is 0 Å². The van der Waals surface area contributed by atoms with Crippen molar-refractivity contribution >= 4 is 11.8 Å². The minimum atomic E-state index is -0.161. The van der Waals surface area contributed by atoms with Crippen molar-refractivity contribution in [1.29, 1.82) is 0 Å². The summed E-state index contributed by atoms with van der Waals surface area (Å²) in [6.45, 7) is 0. The highest BCUT2D eigenvalue weighted by atomic mass is 32.2. The third kappa shape index (κ3) is 2.72. The van der Waals surface area contributed by atoms with Crippen LogP contribution in [-0.4, -0.2) is 22.1 Å². The first-order valence-electron chi connectivity index (χ1n) is 7.40. The van der Waals surface area contributed by atoms with E-state index >= 15 is 0 Å². The Kier molecular flexibility index (Phi) is 4.31. The fourth-order valence-electron chi connectivity index (χ4n) is 2.88. The van der Waals surface area contributed by atoms with Crippen LogP contribution in [0.5, 0.6) is 0 Å². The van der Waals surface area contributed by atoms with Gasteiger partial charge in [0, 0.05) is 0 Å². The molecule has 2 aromatic rings. The average Bonchev–Trinajstić information content (AvgIpc) is 2.95. The Bertz CT molecular complexity index is 580. The molecule has 0 unspecified atom stereocenters. The van der Waals surface area contributed by atoms with Crippen LogP contribution in [0.4, 0.5) is 0 Å². The van der Waals surface area contributed by atoms with E-state index in [2.05, 4.69) is 40.7 Å². The van der Waals surface area contributed by atoms with Gasteiger partial charge in [-0.25, -0.2) is 0 Å². The van der Waals surface area contributed by atoms with Gasteiger partial charge in [0.25, 0.3) is 0 Å². The standard InChI is InChI=1S/C16H21N3OS/c1-21-11-8-13(17)14-18-15(19-20-14)16(9-5-10-16)12-6-3-2-4-7-12/h2-4,6-7,13H,5,8-11,17H2,1H3/t13-/m1/s1. The smallest absolute Gasteiger partial charge is 0.243 e. The molecule has 4 nitrogen and oxygen atoms in total. The number of nitrogens with two attached hydrogens (primary N) is 1. The van der Waals surface area contributed by atoms with Crippen LogP contribution in [0.3, 0.4) is 0 Å². The monoisotopic (exact) mass is 303 g/mol. The summed E-state index contributed by atoms with van der Waals surface area (Å²) in [6, 6.07) is 10.3. The van der Waals surface area contributed by atoms with E-state index in [0.29, 0.717) is 5.89 Å². The molecule has 1 aliphatic carbocycles. The molecule has 1 aliphatic rings. The Hall–Kier alpha value is -1.33. The molecular formula is C16H21N3OS. The molecule has 2 N–H and O–H groups in total. The first kappa shape index (κ1) is 14.6. The van der Waals surface area contributed by atoms with Crippen LogP contribution < -0.4 is 5.73 Å². The fourth-order valence-corrected chi connectivity index (χ4v) is 3.37. The highest BCUT2D eigenvalue weighted by molar-refractivity contribution is 7.98. The predicted molar refractivity (Wildman–Crippen MR) is 85.3 cm³/mol. The first-order valence-corrected chi connectivity index (χ1v) is 8.80. The Balaban J connectivity index is 1.84. The Labute approximate surface area is 129 Å². The minimum Gasteiger partial charge on any atom is -0.338 e. The van der Waals surface area contributed by atoms with E-state index in [-0.39, 0.29) is 11.5 Å². The van der Waals surface area contributed by atoms with Gasteiger partial charge in [0.2, 0.25) is 5.89 Å². The van der Waals surface area contributed by atoms with E-state index in [1.807, 2.05) is 6.07 Å². The molecule has 1 atom stereocenters. The van der Waals surface area contributed by atoms with Crippen molar-refractivity contribution in [3.05, 3.63) is 47.6 Å². The predicted octanol–water partition coefficient (Wildman–Crippen LogP) is 3.29. The lowest BCUT2D eigenvalue weighted by Gasteiger charge is -2.39. The summed E-state index contributed by atoms with van der Waals surface area (Å²) in [5.74, 6) is 2.37. The summed E-state index contributed by atoms with van der Waals surface area (Å²) in [7, 11) is 0. The fraction of sp³-hybridized carbons (Fsp3) is 0.500. The summed E-state index contributed by atoms with van der Waals surface area (Å²) in [4.78, 5) is 4.62. The molecule has 0 spiro atoms. The van der Waals surface area contributed by atoms with Crippen molar-refractivity contribution in [2.45, 2.75) is 37.1 Å². The van der Waals surface area contributed by atoms with Crippen LogP contribution in [0.1, 0.15) is 49.0 Å². The van der Waals surface area contributed by atoms with Gasteiger partial charge in [0.1, 0.15) is 0 Å². The van der Waals surface area contributed by atoms with E-state index in [1.165, 1.54) is 12.0 Å². The molecule has 3 rings (SSSR count). The topological polar surface area (TPSA) is 64.9 Å². The van der Waals surface area contributed by atoms with Crippen LogP contribution >= 0.6 is 11.8 Å². The van der Waals surface area contributed by atoms with Crippen molar-refractivity contribution < 1.29 is 4.52 Å². The van der Waals surface area contributed by atoms with E-state index in [4.69, 9.17) is 10.3 Å². The zero-order valence-electron chi connectivity index (χ0n) is 12.3. The van der Waals surface area contributed by atoms with Crippen LogP contribution in [-0.2, 0) is 5.41 Å². The molecule has 0 radical (unpaired) electrons. The number of hydrogen-bond acceptors (Lipinski definition) is 5. The first-order chi connectivity index (χ1) is 10.3. The highest BCUT2D eigenvalue weighted by Crippen LogP contribution is 2.47. The molecule has 0 aliphatic heterocycles. The lowest BCUT2D eigenvalue weighted by molar-refractivity contribution is 0.269. The Morgan fingerprint density at radius 2 is 2.10 bits per heavy atom. The largest absolute Gasteiger partial charge is 0.338 e. The zero-order valence-corrected chi connectivity index (χ0v) is 13.1. The maximum atomic E-state index is 6.13. The molecule has 1 fully saturated rings. The highest BCUT2D eigenvalue weighted by Gasteiger charge is 2.44. The van der Waals surface area contributed by atoms with Crippen LogP contribution in [0.25, 0.3) is 0 Å². The lowest BCUT2D eigenvalue weighted by Crippen LogP contribution is -2.36. The molecule has 112 valence electrons. The average molecular weight is 303 g/mol. The summed E-state index contributed by atoms with van der Waals surface area (Å²) in [5.41, 5.74) is 7.34. The minimum absolute atomic E-state index is 0.0672. The normalized spacial score (nSPS) is 18.2. The van der Waals surface area contributed by atoms with Gasteiger partial charge in [-0.3, -0.25) is 0 Å². The molecule has 1 aromatic carbocycles. The molecule has 0 amide bonds. The lowest BCUT2D eigenvalue weighted by atomic mass is 9.64. The van der Waals surface area contributed by atoms with E-state index in [1.54, 1.807) is 11.8 Å². The molecule has 1 saturated carbocycles. The number of hydrogen-bond donors (Lipinski definition) is 1. The maximum Gasteiger partial charge on any atom is 0.243 e. The number of rotatable bonds is 6. The third-order valence-electron chi connectivity index (χ3n) is 4.35. The van der Waals surface area contributed by atoms with E-state index < -0.39 is 0 Å². The van der Waals surface area contributed by atoms with Crippen LogP contribution in [0, 0.1) is 0 Å². The Morgan fingerprint density at radius 3 is 2.71 bits per heavy atom. The third-order valence-corrected chi connectivity index (χ3v) is 5.00. The van der Waals surface area contributed by atoms with Gasteiger partial charge in [0.05, 0.1) is 11.5 Å². The zero-order chi connectivity index (χ0) is 14.7. The maximum absolute atomic E-state index is 6.13. The van der Waals surface area contributed by atoms with Crippen LogP contribution in [0.15, 0.2) is 34.9 Å². The molecule has 21 heavy (non-hydrogen) atoms. The molecule has 0 saturated heterocycles. The van der Waals surface area contributed by atoms with Gasteiger partial charge in [-0.15, -0.1) is 0 Å². The van der Waals surface area contributed by atoms with E-state index in [0.717, 1.165) is 30.8 Å². The van der Waals surface area contributed by atoms with Gasteiger partial charge in [0.15, 0.2) is 5.82 Å². The van der Waals surface area contributed by atoms with Gasteiger partial charge in [-0.05, 0) is 36.8 Å². The van der Waals surface area contributed by atoms with Crippen molar-refractivity contribution in [2.75, 3.05) is 12.0 Å². The van der Waals surface area contributed by atoms with E-state index in [9.17, 15) is 0 Å². The van der Waals surface area contributed by atoms with Gasteiger partial charge in [-0.2, -0.15) is 16.7 Å². The summed E-state index contributed by atoms with van der Waals surface area (Å²) < 4.78 is 5.43. The summed E-state index contributed by atoms with van der Waals surface area (Å²) in [5, 5.41) is 4.24. The summed E-state index contributed by atoms with van der Waals surface area (Å²) in [6.07, 6.45) is 6.30. The molecular weight excluding hydrogens is 282 g/mol. The summed E-state index contributed by atoms with van der Waals surface area (Å²) >= 11 is 1.78. The van der Waals surface area contributed by atoms with Crippen LogP contribution in [0.2, 0.25) is 0 Å². The molecule has 1 heterocycles. The number of benzene rings is 1. The van der Waals surface area contributed by atoms with Crippen molar-refractivity contribution in [2.24, 2.45) is 5.73 Å². The van der Waals surface area contributed by atoms with Crippen molar-refractivity contribution in [3.8, 4) is 0 Å². The molecule has 5 heteroatoms. The number of thioether (sulfide) groups is 1. The Morgan fingerprint density at radius 1 is 1.33 bits per heavy atom. The van der Waals surface area contributed by atoms with Gasteiger partial charge < -0.3 is 10.3 Å². The van der Waals surface area contributed by atoms with Crippen molar-refractivity contribution in [1.82, 2.24) is 10.1 Å². The number of nitrogens with zero attached hydrogens (tertiary/aromatic N) is 2. The molecule has 0 bridgehead atoms. The quantitative estimate of drug-likeness (QED) is 0.887. The number of aromatic nitrogens is 2. The second-order valence-corrected chi connectivity index (χ2v) is 6.63. The molecule has 1 aromatic heterocycles. The second-order valence-electron chi connectivity index (χ2n) is 5.65. The van der Waals surface area contributed by atoms with Gasteiger partial charge >= 0.3 is 0 Å². The van der Waals surface area contributed by atoms with Gasteiger partial charge in [-0.1, -0.05) is 41.9 Å².